The Morgan fingerprint density at radius 3 is 2.47 bits per heavy atom. The Morgan fingerprint density at radius 2 is 1.81 bits per heavy atom. The van der Waals surface area contributed by atoms with Gasteiger partial charge in [-0.1, -0.05) is 16.6 Å². The molecule has 0 amide bonds. The Kier molecular flexibility index (Phi) is 9.92. The molecule has 1 N–H and O–H groups in total. The van der Waals surface area contributed by atoms with Crippen LogP contribution in [0.4, 0.5) is 5.82 Å². The minimum absolute atomic E-state index is 0.0942. The molecule has 1 aromatic carbocycles. The van der Waals surface area contributed by atoms with Gasteiger partial charge in [0.1, 0.15) is 17.3 Å². The van der Waals surface area contributed by atoms with Gasteiger partial charge in [-0.15, -0.1) is 0 Å². The van der Waals surface area contributed by atoms with Gasteiger partial charge in [-0.3, -0.25) is 4.79 Å². The van der Waals surface area contributed by atoms with Gasteiger partial charge in [-0.05, 0) is 51.6 Å². The Labute approximate surface area is 216 Å². The highest BCUT2D eigenvalue weighted by atomic mass is 32.2. The molecular formula is C27H38N4O4S. The van der Waals surface area contributed by atoms with Crippen molar-refractivity contribution < 1.29 is 13.7 Å². The van der Waals surface area contributed by atoms with Gasteiger partial charge in [0.05, 0.1) is 26.2 Å². The number of nitrogens with zero attached hydrogens (tertiary/aromatic N) is 3. The SMILES string of the molecule is C=S(C)OCCCCCNc1cc2c(-c3cc(OC)c(CN(C)C)cc3OC)cn(C)c(=O)c2cn1. The van der Waals surface area contributed by atoms with Crippen LogP contribution in [0.2, 0.25) is 0 Å². The van der Waals surface area contributed by atoms with Gasteiger partial charge in [0.25, 0.3) is 5.56 Å². The number of hydrogen-bond donors (Lipinski definition) is 1. The fourth-order valence-electron chi connectivity index (χ4n) is 4.13. The summed E-state index contributed by atoms with van der Waals surface area (Å²) in [7, 11) is 8.89. The summed E-state index contributed by atoms with van der Waals surface area (Å²) in [5, 5.41) is 4.77. The molecule has 0 aliphatic carbocycles. The summed E-state index contributed by atoms with van der Waals surface area (Å²) in [6, 6.07) is 5.94. The maximum atomic E-state index is 12.9. The number of nitrogens with one attached hydrogen (secondary N) is 1. The van der Waals surface area contributed by atoms with Crippen LogP contribution < -0.4 is 20.3 Å². The number of fused-ring (bicyclic) bond motifs is 1. The average molecular weight is 515 g/mol. The van der Waals surface area contributed by atoms with E-state index in [0.29, 0.717) is 11.9 Å². The van der Waals surface area contributed by atoms with Crippen LogP contribution in [0.5, 0.6) is 11.5 Å². The molecule has 1 atom stereocenters. The number of unbranched alkanes of at least 4 members (excludes halogenated alkanes) is 2. The highest BCUT2D eigenvalue weighted by molar-refractivity contribution is 8.09. The minimum Gasteiger partial charge on any atom is -0.496 e. The van der Waals surface area contributed by atoms with Crippen LogP contribution in [0.15, 0.2) is 35.4 Å². The summed E-state index contributed by atoms with van der Waals surface area (Å²) in [4.78, 5) is 19.5. The van der Waals surface area contributed by atoms with Gasteiger partial charge >= 0.3 is 0 Å². The Balaban J connectivity index is 1.95. The van der Waals surface area contributed by atoms with E-state index in [2.05, 4.69) is 21.1 Å². The molecule has 0 radical (unpaired) electrons. The Hall–Kier alpha value is -2.88. The Morgan fingerprint density at radius 1 is 1.06 bits per heavy atom. The lowest BCUT2D eigenvalue weighted by molar-refractivity contribution is 0.358. The predicted octanol–water partition coefficient (Wildman–Crippen LogP) is 4.52. The zero-order chi connectivity index (χ0) is 26.2. The van der Waals surface area contributed by atoms with Crippen molar-refractivity contribution in [1.29, 1.82) is 0 Å². The van der Waals surface area contributed by atoms with Crippen LogP contribution in [0.3, 0.4) is 0 Å². The third-order valence-electron chi connectivity index (χ3n) is 5.86. The zero-order valence-electron chi connectivity index (χ0n) is 22.2. The summed E-state index contributed by atoms with van der Waals surface area (Å²) in [6.45, 7) is 2.24. The normalized spacial score (nSPS) is 12.2. The average Bonchev–Trinajstić information content (AvgIpc) is 2.84. The molecule has 0 saturated heterocycles. The summed E-state index contributed by atoms with van der Waals surface area (Å²) < 4.78 is 18.6. The van der Waals surface area contributed by atoms with Gasteiger partial charge in [-0.2, -0.15) is 0 Å². The quantitative estimate of drug-likeness (QED) is 0.265. The van der Waals surface area contributed by atoms with Crippen LogP contribution in [-0.4, -0.2) is 68.0 Å². The molecule has 0 bridgehead atoms. The van der Waals surface area contributed by atoms with Crippen LogP contribution >= 0.6 is 10.8 Å². The van der Waals surface area contributed by atoms with Crippen molar-refractivity contribution in [3.05, 3.63) is 46.5 Å². The number of rotatable bonds is 13. The molecule has 0 aliphatic rings. The molecule has 2 heterocycles. The monoisotopic (exact) mass is 514 g/mol. The van der Waals surface area contributed by atoms with Crippen molar-refractivity contribution in [3.63, 3.8) is 0 Å². The van der Waals surface area contributed by atoms with E-state index in [1.807, 2.05) is 44.7 Å². The number of anilines is 1. The number of aryl methyl sites for hydroxylation is 1. The fourth-order valence-corrected chi connectivity index (χ4v) is 4.53. The van der Waals surface area contributed by atoms with E-state index in [0.717, 1.165) is 71.8 Å². The van der Waals surface area contributed by atoms with Gasteiger partial charge in [0.15, 0.2) is 0 Å². The Bertz CT molecular complexity index is 1270. The number of benzene rings is 1. The van der Waals surface area contributed by atoms with Crippen molar-refractivity contribution in [3.8, 4) is 22.6 Å². The molecule has 2 aromatic heterocycles. The fraction of sp³-hybridized carbons (Fsp3) is 0.444. The molecule has 8 nitrogen and oxygen atoms in total. The summed E-state index contributed by atoms with van der Waals surface area (Å²) >= 11 is 0. The summed E-state index contributed by atoms with van der Waals surface area (Å²) in [5.74, 6) is 6.08. The van der Waals surface area contributed by atoms with E-state index in [1.54, 1.807) is 32.0 Å². The number of methoxy groups -OCH3 is 2. The van der Waals surface area contributed by atoms with Crippen molar-refractivity contribution in [1.82, 2.24) is 14.5 Å². The second kappa shape index (κ2) is 12.9. The lowest BCUT2D eigenvalue weighted by atomic mass is 9.98. The lowest BCUT2D eigenvalue weighted by Crippen LogP contribution is -2.17. The maximum absolute atomic E-state index is 12.9. The molecular weight excluding hydrogens is 476 g/mol. The number of aromatic nitrogens is 2. The molecule has 3 rings (SSSR count). The second-order valence-corrected chi connectivity index (χ2v) is 10.4. The second-order valence-electron chi connectivity index (χ2n) is 9.06. The molecule has 196 valence electrons. The van der Waals surface area contributed by atoms with Crippen LogP contribution in [0.1, 0.15) is 24.8 Å². The van der Waals surface area contributed by atoms with E-state index in [1.165, 1.54) is 0 Å². The van der Waals surface area contributed by atoms with Crippen LogP contribution in [0, 0.1) is 0 Å². The van der Waals surface area contributed by atoms with E-state index < -0.39 is 0 Å². The van der Waals surface area contributed by atoms with E-state index in [4.69, 9.17) is 13.7 Å². The molecule has 0 saturated carbocycles. The molecule has 36 heavy (non-hydrogen) atoms. The summed E-state index contributed by atoms with van der Waals surface area (Å²) in [5.41, 5.74) is 2.67. The van der Waals surface area contributed by atoms with E-state index >= 15 is 0 Å². The van der Waals surface area contributed by atoms with E-state index in [9.17, 15) is 4.79 Å². The third-order valence-corrected chi connectivity index (χ3v) is 6.43. The molecule has 1 unspecified atom stereocenters. The number of hydrogen-bond acceptors (Lipinski definition) is 7. The lowest BCUT2D eigenvalue weighted by Gasteiger charge is -2.19. The van der Waals surface area contributed by atoms with Gasteiger partial charge < -0.3 is 28.4 Å². The smallest absolute Gasteiger partial charge is 0.259 e. The highest BCUT2D eigenvalue weighted by Gasteiger charge is 2.18. The first kappa shape index (κ1) is 27.7. The van der Waals surface area contributed by atoms with Crippen molar-refractivity contribution in [2.45, 2.75) is 25.8 Å². The van der Waals surface area contributed by atoms with E-state index in [-0.39, 0.29) is 16.3 Å². The largest absolute Gasteiger partial charge is 0.496 e. The number of ether oxygens (including phenoxy) is 2. The molecule has 0 aliphatic heterocycles. The molecule has 0 spiro atoms. The highest BCUT2D eigenvalue weighted by Crippen LogP contribution is 2.39. The molecule has 0 fully saturated rings. The van der Waals surface area contributed by atoms with Gasteiger partial charge in [-0.25, -0.2) is 4.98 Å². The van der Waals surface area contributed by atoms with Crippen molar-refractivity contribution in [2.75, 3.05) is 53.0 Å². The first-order valence-corrected chi connectivity index (χ1v) is 13.7. The predicted molar refractivity (Wildman–Crippen MR) is 152 cm³/mol. The molecule has 3 aromatic rings. The minimum atomic E-state index is -0.219. The van der Waals surface area contributed by atoms with Crippen LogP contribution in [0.25, 0.3) is 21.9 Å². The maximum Gasteiger partial charge on any atom is 0.259 e. The number of pyridine rings is 2. The standard InChI is InChI=1S/C27H38N4O4S/c1-30(2)17-19-13-25(34-5)21(14-24(19)33-4)23-18-31(3)27(32)22-16-29-26(15-20(22)23)28-11-9-8-10-12-35-36(6)7/h13-16,18H,6,8-12,17H2,1-5,7H3,(H,28,29). The van der Waals surface area contributed by atoms with Crippen molar-refractivity contribution in [2.24, 2.45) is 7.05 Å². The van der Waals surface area contributed by atoms with Gasteiger partial charge in [0.2, 0.25) is 0 Å². The first-order valence-electron chi connectivity index (χ1n) is 12.0. The zero-order valence-corrected chi connectivity index (χ0v) is 23.0. The summed E-state index contributed by atoms with van der Waals surface area (Å²) in [6.07, 6.45) is 8.53. The first-order chi connectivity index (χ1) is 17.2. The van der Waals surface area contributed by atoms with Crippen molar-refractivity contribution >= 4 is 33.2 Å². The molecule has 9 heteroatoms. The topological polar surface area (TPSA) is 77.8 Å². The third kappa shape index (κ3) is 6.87. The van der Waals surface area contributed by atoms with Gasteiger partial charge in [0, 0.05) is 60.9 Å². The van der Waals surface area contributed by atoms with Crippen LogP contribution in [-0.2, 0) is 17.8 Å².